The largest absolute Gasteiger partial charge is 0.354 e. The first-order valence-corrected chi connectivity index (χ1v) is 7.53. The van der Waals surface area contributed by atoms with Crippen LogP contribution in [0.3, 0.4) is 0 Å². The van der Waals surface area contributed by atoms with E-state index in [4.69, 9.17) is 16.9 Å². The zero-order valence-corrected chi connectivity index (χ0v) is 13.0. The summed E-state index contributed by atoms with van der Waals surface area (Å²) in [6.45, 7) is 1.98. The molecule has 1 aromatic carbocycles. The smallest absolute Gasteiger partial charge is 0.147 e. The van der Waals surface area contributed by atoms with Crippen LogP contribution in [0.15, 0.2) is 30.6 Å². The van der Waals surface area contributed by atoms with E-state index < -0.39 is 0 Å². The lowest BCUT2D eigenvalue weighted by Crippen LogP contribution is -2.34. The van der Waals surface area contributed by atoms with Crippen LogP contribution in [0.25, 0.3) is 11.3 Å². The second kappa shape index (κ2) is 6.30. The van der Waals surface area contributed by atoms with Crippen molar-refractivity contribution >= 4 is 17.4 Å². The van der Waals surface area contributed by atoms with Crippen LogP contribution < -0.4 is 10.2 Å². The summed E-state index contributed by atoms with van der Waals surface area (Å²) in [5.41, 5.74) is 1.85. The second-order valence-corrected chi connectivity index (χ2v) is 5.68. The lowest BCUT2D eigenvalue weighted by Gasteiger charge is -2.24. The molecule has 5 nitrogen and oxygen atoms in total. The van der Waals surface area contributed by atoms with E-state index in [1.165, 1.54) is 0 Å². The summed E-state index contributed by atoms with van der Waals surface area (Å²) in [5, 5.41) is 12.9. The van der Waals surface area contributed by atoms with Crippen LogP contribution in [0.4, 0.5) is 5.82 Å². The Morgan fingerprint density at radius 3 is 3.00 bits per heavy atom. The van der Waals surface area contributed by atoms with E-state index in [9.17, 15) is 0 Å². The van der Waals surface area contributed by atoms with Crippen molar-refractivity contribution in [1.82, 2.24) is 15.3 Å². The number of rotatable bonds is 3. The summed E-state index contributed by atoms with van der Waals surface area (Å²) >= 11 is 6.29. The third-order valence-electron chi connectivity index (χ3n) is 3.96. The quantitative estimate of drug-likeness (QED) is 0.943. The maximum atomic E-state index is 9.09. The minimum Gasteiger partial charge on any atom is -0.354 e. The molecule has 1 aromatic heterocycles. The van der Waals surface area contributed by atoms with Crippen LogP contribution in [-0.4, -0.2) is 36.1 Å². The van der Waals surface area contributed by atoms with Crippen molar-refractivity contribution in [1.29, 1.82) is 5.26 Å². The highest BCUT2D eigenvalue weighted by atomic mass is 35.5. The monoisotopic (exact) mass is 313 g/mol. The predicted octanol–water partition coefficient (Wildman–Crippen LogP) is 2.47. The molecule has 3 rings (SSSR count). The Labute approximate surface area is 134 Å². The van der Waals surface area contributed by atoms with E-state index in [1.54, 1.807) is 24.5 Å². The normalized spacial score (nSPS) is 17.2. The minimum atomic E-state index is 0.418. The first-order chi connectivity index (χ1) is 10.7. The fourth-order valence-electron chi connectivity index (χ4n) is 2.63. The Hall–Kier alpha value is -2.16. The number of hydrogen-bond acceptors (Lipinski definition) is 5. The lowest BCUT2D eigenvalue weighted by molar-refractivity contribution is 0.676. The van der Waals surface area contributed by atoms with Crippen molar-refractivity contribution in [3.05, 3.63) is 41.2 Å². The number of hydrogen-bond donors (Lipinski definition) is 1. The van der Waals surface area contributed by atoms with Crippen molar-refractivity contribution in [2.75, 3.05) is 25.0 Å². The van der Waals surface area contributed by atoms with Crippen LogP contribution in [0.2, 0.25) is 5.02 Å². The molecular formula is C16H16ClN5. The molecule has 112 valence electrons. The number of aromatic nitrogens is 2. The Morgan fingerprint density at radius 1 is 1.41 bits per heavy atom. The van der Waals surface area contributed by atoms with Crippen molar-refractivity contribution in [2.45, 2.75) is 12.5 Å². The molecule has 0 amide bonds. The molecule has 0 radical (unpaired) electrons. The maximum absolute atomic E-state index is 9.09. The van der Waals surface area contributed by atoms with Gasteiger partial charge >= 0.3 is 0 Å². The average molecular weight is 314 g/mol. The summed E-state index contributed by atoms with van der Waals surface area (Å²) in [4.78, 5) is 11.1. The zero-order chi connectivity index (χ0) is 15.5. The van der Waals surface area contributed by atoms with E-state index in [0.29, 0.717) is 22.3 Å². The van der Waals surface area contributed by atoms with Crippen LogP contribution >= 0.6 is 11.6 Å². The van der Waals surface area contributed by atoms with Gasteiger partial charge in [0.15, 0.2) is 0 Å². The molecule has 0 aliphatic carbocycles. The first-order valence-electron chi connectivity index (χ1n) is 7.15. The molecule has 22 heavy (non-hydrogen) atoms. The van der Waals surface area contributed by atoms with Gasteiger partial charge in [0, 0.05) is 25.2 Å². The van der Waals surface area contributed by atoms with Crippen molar-refractivity contribution in [3.8, 4) is 17.3 Å². The number of halogens is 1. The van der Waals surface area contributed by atoms with Crippen LogP contribution in [0, 0.1) is 11.3 Å². The second-order valence-electron chi connectivity index (χ2n) is 5.30. The summed E-state index contributed by atoms with van der Waals surface area (Å²) < 4.78 is 0. The van der Waals surface area contributed by atoms with Gasteiger partial charge in [-0.3, -0.25) is 4.98 Å². The van der Waals surface area contributed by atoms with Gasteiger partial charge in [-0.1, -0.05) is 23.7 Å². The van der Waals surface area contributed by atoms with E-state index >= 15 is 0 Å². The number of benzene rings is 1. The fraction of sp³-hybridized carbons (Fsp3) is 0.312. The summed E-state index contributed by atoms with van der Waals surface area (Å²) in [6.07, 6.45) is 4.52. The molecule has 6 heteroatoms. The van der Waals surface area contributed by atoms with Gasteiger partial charge in [0.2, 0.25) is 0 Å². The highest BCUT2D eigenvalue weighted by molar-refractivity contribution is 6.34. The molecule has 1 fully saturated rings. The molecule has 0 bridgehead atoms. The van der Waals surface area contributed by atoms with Gasteiger partial charge in [0.25, 0.3) is 0 Å². The molecule has 1 aliphatic rings. The zero-order valence-electron chi connectivity index (χ0n) is 12.3. The van der Waals surface area contributed by atoms with Gasteiger partial charge < -0.3 is 10.2 Å². The van der Waals surface area contributed by atoms with Crippen molar-refractivity contribution in [2.24, 2.45) is 0 Å². The van der Waals surface area contributed by atoms with Gasteiger partial charge in [-0.25, -0.2) is 4.98 Å². The number of nitrogens with one attached hydrogen (secondary N) is 1. The van der Waals surface area contributed by atoms with E-state index in [-0.39, 0.29) is 0 Å². The van der Waals surface area contributed by atoms with Crippen LogP contribution in [-0.2, 0) is 0 Å². The van der Waals surface area contributed by atoms with Gasteiger partial charge in [-0.2, -0.15) is 5.26 Å². The highest BCUT2D eigenvalue weighted by Gasteiger charge is 2.21. The third kappa shape index (κ3) is 2.76. The van der Waals surface area contributed by atoms with E-state index in [2.05, 4.69) is 26.3 Å². The number of nitriles is 1. The van der Waals surface area contributed by atoms with E-state index in [1.807, 2.05) is 13.1 Å². The number of nitrogens with zero attached hydrogens (tertiary/aromatic N) is 4. The Balaban J connectivity index is 1.96. The van der Waals surface area contributed by atoms with Gasteiger partial charge in [0.1, 0.15) is 11.9 Å². The Kier molecular flexibility index (Phi) is 4.23. The molecule has 2 heterocycles. The minimum absolute atomic E-state index is 0.418. The standard InChI is InChI=1S/C16H16ClN5/c1-22(12-5-6-19-8-12)15-10-20-9-14(21-15)13-4-2-3-11(7-18)16(13)17/h2-4,9-10,12,19H,5-6,8H2,1H3. The summed E-state index contributed by atoms with van der Waals surface area (Å²) in [5.74, 6) is 0.810. The van der Waals surface area contributed by atoms with Gasteiger partial charge in [-0.15, -0.1) is 0 Å². The van der Waals surface area contributed by atoms with Crippen molar-refractivity contribution < 1.29 is 0 Å². The third-order valence-corrected chi connectivity index (χ3v) is 4.37. The number of anilines is 1. The fourth-order valence-corrected chi connectivity index (χ4v) is 2.89. The average Bonchev–Trinajstić information content (AvgIpc) is 3.09. The van der Waals surface area contributed by atoms with Crippen molar-refractivity contribution in [3.63, 3.8) is 0 Å². The lowest BCUT2D eigenvalue weighted by atomic mass is 10.1. The topological polar surface area (TPSA) is 64.8 Å². The van der Waals surface area contributed by atoms with Gasteiger partial charge in [-0.05, 0) is 19.0 Å². The molecule has 1 N–H and O–H groups in total. The SMILES string of the molecule is CN(c1cncc(-c2cccc(C#N)c2Cl)n1)C1CCNC1. The van der Waals surface area contributed by atoms with Gasteiger partial charge in [0.05, 0.1) is 28.7 Å². The van der Waals surface area contributed by atoms with E-state index in [0.717, 1.165) is 30.9 Å². The maximum Gasteiger partial charge on any atom is 0.147 e. The predicted molar refractivity (Wildman–Crippen MR) is 86.9 cm³/mol. The Morgan fingerprint density at radius 2 is 2.27 bits per heavy atom. The number of likely N-dealkylation sites (N-methyl/N-ethyl adjacent to an activating group) is 1. The molecule has 1 saturated heterocycles. The van der Waals surface area contributed by atoms with Crippen LogP contribution in [0.5, 0.6) is 0 Å². The molecule has 1 atom stereocenters. The molecule has 1 aliphatic heterocycles. The highest BCUT2D eigenvalue weighted by Crippen LogP contribution is 2.30. The summed E-state index contributed by atoms with van der Waals surface area (Å²) in [6, 6.07) is 7.86. The first kappa shape index (κ1) is 14.8. The Bertz CT molecular complexity index is 719. The molecule has 1 unspecified atom stereocenters. The molecule has 0 saturated carbocycles. The molecular weight excluding hydrogens is 298 g/mol. The summed E-state index contributed by atoms with van der Waals surface area (Å²) in [7, 11) is 2.03. The molecule has 2 aromatic rings. The van der Waals surface area contributed by atoms with Crippen LogP contribution in [0.1, 0.15) is 12.0 Å². The molecule has 0 spiro atoms.